The molecule has 0 amide bonds. The van der Waals surface area contributed by atoms with Crippen LogP contribution in [-0.2, 0) is 18.6 Å². The molecule has 4 heteroatoms. The summed E-state index contributed by atoms with van der Waals surface area (Å²) in [6, 6.07) is 6.07. The molecule has 0 aliphatic carbocycles. The number of anilines is 1. The fourth-order valence-corrected chi connectivity index (χ4v) is 2.64. The Bertz CT molecular complexity index is 558. The fraction of sp³-hybridized carbons (Fsp3) is 0.438. The van der Waals surface area contributed by atoms with Gasteiger partial charge in [0.15, 0.2) is 0 Å². The second-order valence-corrected chi connectivity index (χ2v) is 6.89. The van der Waals surface area contributed by atoms with Crippen molar-refractivity contribution in [3.05, 3.63) is 45.8 Å². The molecule has 0 fully saturated rings. The molecule has 0 saturated carbocycles. The maximum absolute atomic E-state index is 9.45. The largest absolute Gasteiger partial charge is 0.392 e. The predicted molar refractivity (Wildman–Crippen MR) is 85.3 cm³/mol. The molecule has 1 N–H and O–H groups in total. The molecule has 3 nitrogen and oxygen atoms in total. The van der Waals surface area contributed by atoms with Gasteiger partial charge in [0.1, 0.15) is 5.82 Å². The lowest BCUT2D eigenvalue weighted by molar-refractivity contribution is 0.281. The van der Waals surface area contributed by atoms with Gasteiger partial charge in [-0.15, -0.1) is 0 Å². The average molecular weight is 290 g/mol. The molecule has 0 saturated heterocycles. The van der Waals surface area contributed by atoms with Crippen LogP contribution in [0.1, 0.15) is 37.6 Å². The highest BCUT2D eigenvalue weighted by Gasteiger charge is 2.18. The van der Waals surface area contributed by atoms with Crippen LogP contribution in [0.3, 0.4) is 0 Å². The van der Waals surface area contributed by atoms with Gasteiger partial charge in [0, 0.05) is 24.7 Å². The zero-order valence-electron chi connectivity index (χ0n) is 12.6. The first-order valence-electron chi connectivity index (χ1n) is 6.74. The van der Waals surface area contributed by atoms with Gasteiger partial charge in [0.2, 0.25) is 0 Å². The van der Waals surface area contributed by atoms with Crippen LogP contribution < -0.4 is 4.90 Å². The molecular formula is C16H22N2OS. The minimum atomic E-state index is -0.0247. The smallest absolute Gasteiger partial charge is 0.129 e. The Hall–Kier alpha value is -1.39. The normalized spacial score (nSPS) is 11.7. The molecule has 0 aromatic carbocycles. The molecule has 108 valence electrons. The Balaban J connectivity index is 2.30. The van der Waals surface area contributed by atoms with Crippen LogP contribution in [0.25, 0.3) is 0 Å². The maximum atomic E-state index is 9.45. The van der Waals surface area contributed by atoms with E-state index in [1.54, 1.807) is 11.3 Å². The summed E-state index contributed by atoms with van der Waals surface area (Å²) in [5, 5.41) is 13.7. The molecule has 2 aromatic rings. The van der Waals surface area contributed by atoms with Crippen LogP contribution in [0.4, 0.5) is 5.82 Å². The van der Waals surface area contributed by atoms with E-state index in [4.69, 9.17) is 4.98 Å². The third kappa shape index (κ3) is 3.58. The quantitative estimate of drug-likeness (QED) is 0.935. The number of nitrogens with zero attached hydrogens (tertiary/aromatic N) is 2. The number of thiophene rings is 1. The van der Waals surface area contributed by atoms with Gasteiger partial charge in [0.25, 0.3) is 0 Å². The van der Waals surface area contributed by atoms with Gasteiger partial charge in [-0.25, -0.2) is 4.98 Å². The fourth-order valence-electron chi connectivity index (χ4n) is 1.98. The second kappa shape index (κ2) is 5.94. The highest BCUT2D eigenvalue weighted by Crippen LogP contribution is 2.25. The van der Waals surface area contributed by atoms with Crippen molar-refractivity contribution >= 4 is 17.2 Å². The lowest BCUT2D eigenvalue weighted by Crippen LogP contribution is -2.21. The van der Waals surface area contributed by atoms with E-state index in [0.29, 0.717) is 0 Å². The van der Waals surface area contributed by atoms with Crippen molar-refractivity contribution in [3.63, 3.8) is 0 Å². The van der Waals surface area contributed by atoms with E-state index in [1.807, 2.05) is 19.2 Å². The molecule has 0 spiro atoms. The number of rotatable bonds is 4. The van der Waals surface area contributed by atoms with E-state index in [0.717, 1.165) is 23.6 Å². The van der Waals surface area contributed by atoms with E-state index in [2.05, 4.69) is 42.5 Å². The van der Waals surface area contributed by atoms with Gasteiger partial charge in [-0.3, -0.25) is 0 Å². The first-order chi connectivity index (χ1) is 9.40. The van der Waals surface area contributed by atoms with Crippen LogP contribution in [0, 0.1) is 0 Å². The molecule has 2 heterocycles. The SMILES string of the molecule is CN(Cc1ccsc1)c1cc(CO)cc(C(C)(C)C)n1. The monoisotopic (exact) mass is 290 g/mol. The van der Waals surface area contributed by atoms with E-state index >= 15 is 0 Å². The molecule has 0 radical (unpaired) electrons. The summed E-state index contributed by atoms with van der Waals surface area (Å²) < 4.78 is 0. The van der Waals surface area contributed by atoms with E-state index in [-0.39, 0.29) is 12.0 Å². The molecule has 0 atom stereocenters. The third-order valence-electron chi connectivity index (χ3n) is 3.21. The van der Waals surface area contributed by atoms with Crippen LogP contribution >= 0.6 is 11.3 Å². The van der Waals surface area contributed by atoms with Crippen molar-refractivity contribution in [1.29, 1.82) is 0 Å². The third-order valence-corrected chi connectivity index (χ3v) is 3.95. The minimum Gasteiger partial charge on any atom is -0.392 e. The van der Waals surface area contributed by atoms with Crippen LogP contribution in [0.5, 0.6) is 0 Å². The summed E-state index contributed by atoms with van der Waals surface area (Å²) in [5.74, 6) is 0.910. The molecule has 2 aromatic heterocycles. The van der Waals surface area contributed by atoms with Crippen molar-refractivity contribution < 1.29 is 5.11 Å². The van der Waals surface area contributed by atoms with Gasteiger partial charge in [-0.1, -0.05) is 20.8 Å². The van der Waals surface area contributed by atoms with Gasteiger partial charge >= 0.3 is 0 Å². The highest BCUT2D eigenvalue weighted by molar-refractivity contribution is 7.07. The Morgan fingerprint density at radius 1 is 1.25 bits per heavy atom. The molecular weight excluding hydrogens is 268 g/mol. The van der Waals surface area contributed by atoms with E-state index in [1.165, 1.54) is 5.56 Å². The average Bonchev–Trinajstić information content (AvgIpc) is 2.90. The topological polar surface area (TPSA) is 36.4 Å². The van der Waals surface area contributed by atoms with Crippen molar-refractivity contribution in [2.75, 3.05) is 11.9 Å². The van der Waals surface area contributed by atoms with Gasteiger partial charge < -0.3 is 10.0 Å². The van der Waals surface area contributed by atoms with Crippen molar-refractivity contribution in [1.82, 2.24) is 4.98 Å². The minimum absolute atomic E-state index is 0.0247. The van der Waals surface area contributed by atoms with Gasteiger partial charge in [0.05, 0.1) is 6.61 Å². The Morgan fingerprint density at radius 3 is 2.55 bits per heavy atom. The predicted octanol–water partition coefficient (Wildman–Crippen LogP) is 3.57. The number of pyridine rings is 1. The first kappa shape index (κ1) is 15.0. The van der Waals surface area contributed by atoms with Crippen molar-refractivity contribution in [3.8, 4) is 0 Å². The Labute approximate surface area is 124 Å². The Kier molecular flexibility index (Phi) is 4.45. The summed E-state index contributed by atoms with van der Waals surface area (Å²) in [6.45, 7) is 7.29. The summed E-state index contributed by atoms with van der Waals surface area (Å²) in [4.78, 5) is 6.87. The lowest BCUT2D eigenvalue weighted by Gasteiger charge is -2.24. The number of aliphatic hydroxyl groups is 1. The first-order valence-corrected chi connectivity index (χ1v) is 7.69. The zero-order valence-corrected chi connectivity index (χ0v) is 13.4. The Morgan fingerprint density at radius 2 is 2.00 bits per heavy atom. The number of aliphatic hydroxyl groups excluding tert-OH is 1. The van der Waals surface area contributed by atoms with E-state index in [9.17, 15) is 5.11 Å². The molecule has 0 bridgehead atoms. The highest BCUT2D eigenvalue weighted by atomic mass is 32.1. The summed E-state index contributed by atoms with van der Waals surface area (Å²) >= 11 is 1.70. The molecule has 0 aliphatic heterocycles. The molecule has 2 rings (SSSR count). The standard InChI is InChI=1S/C16H22N2OS/c1-16(2,3)14-7-13(10-19)8-15(17-14)18(4)9-12-5-6-20-11-12/h5-8,11,19H,9-10H2,1-4H3. The molecule has 0 aliphatic rings. The summed E-state index contributed by atoms with van der Waals surface area (Å²) in [6.07, 6.45) is 0. The van der Waals surface area contributed by atoms with Gasteiger partial charge in [-0.2, -0.15) is 11.3 Å². The summed E-state index contributed by atoms with van der Waals surface area (Å²) in [7, 11) is 2.04. The second-order valence-electron chi connectivity index (χ2n) is 6.11. The summed E-state index contributed by atoms with van der Waals surface area (Å²) in [5.41, 5.74) is 3.18. The number of hydrogen-bond donors (Lipinski definition) is 1. The number of hydrogen-bond acceptors (Lipinski definition) is 4. The van der Waals surface area contributed by atoms with E-state index < -0.39 is 0 Å². The van der Waals surface area contributed by atoms with Crippen LogP contribution in [0.15, 0.2) is 29.0 Å². The van der Waals surface area contributed by atoms with Crippen molar-refractivity contribution in [2.45, 2.75) is 39.3 Å². The number of aromatic nitrogens is 1. The van der Waals surface area contributed by atoms with Gasteiger partial charge in [-0.05, 0) is 40.1 Å². The molecule has 0 unspecified atom stereocenters. The molecule has 20 heavy (non-hydrogen) atoms. The maximum Gasteiger partial charge on any atom is 0.129 e. The van der Waals surface area contributed by atoms with Crippen molar-refractivity contribution in [2.24, 2.45) is 0 Å². The van der Waals surface area contributed by atoms with Crippen LogP contribution in [-0.4, -0.2) is 17.1 Å². The van der Waals surface area contributed by atoms with Crippen LogP contribution in [0.2, 0.25) is 0 Å². The lowest BCUT2D eigenvalue weighted by atomic mass is 9.91. The zero-order chi connectivity index (χ0) is 14.8.